The third-order valence-corrected chi connectivity index (χ3v) is 4.37. The van der Waals surface area contributed by atoms with E-state index in [0.717, 1.165) is 17.2 Å². The number of rotatable bonds is 7. The molecule has 2 nitrogen and oxygen atoms in total. The van der Waals surface area contributed by atoms with Gasteiger partial charge in [0.25, 0.3) is 0 Å². The third kappa shape index (κ3) is 6.88. The smallest absolute Gasteiger partial charge is 0.220 e. The number of hydrogen-bond acceptors (Lipinski definition) is 2. The fraction of sp³-hybridized carbons (Fsp3) is 0.533. The summed E-state index contributed by atoms with van der Waals surface area (Å²) in [5, 5.41) is 3.78. The lowest BCUT2D eigenvalue weighted by atomic mass is 10.1. The van der Waals surface area contributed by atoms with Gasteiger partial charge in [0.1, 0.15) is 0 Å². The van der Waals surface area contributed by atoms with E-state index < -0.39 is 0 Å². The molecule has 0 aliphatic rings. The summed E-state index contributed by atoms with van der Waals surface area (Å²) in [7, 11) is 0. The molecule has 1 rings (SSSR count). The molecule has 1 amide bonds. The van der Waals surface area contributed by atoms with Gasteiger partial charge in [-0.05, 0) is 49.3 Å². The summed E-state index contributed by atoms with van der Waals surface area (Å²) in [5.41, 5.74) is 0. The van der Waals surface area contributed by atoms with Gasteiger partial charge in [-0.3, -0.25) is 4.79 Å². The van der Waals surface area contributed by atoms with Crippen molar-refractivity contribution in [1.29, 1.82) is 0 Å². The molecule has 0 fully saturated rings. The van der Waals surface area contributed by atoms with Crippen LogP contribution in [0.25, 0.3) is 0 Å². The van der Waals surface area contributed by atoms with Gasteiger partial charge in [0, 0.05) is 22.4 Å². The molecule has 0 saturated heterocycles. The first-order valence-corrected chi connectivity index (χ1v) is 8.03. The Bertz CT molecular complexity index is 392. The molecule has 0 spiro atoms. The zero-order chi connectivity index (χ0) is 14.3. The average Bonchev–Trinajstić information content (AvgIpc) is 2.36. The molecule has 0 saturated carbocycles. The van der Waals surface area contributed by atoms with Crippen LogP contribution in [0.3, 0.4) is 0 Å². The van der Waals surface area contributed by atoms with Gasteiger partial charge in [0.15, 0.2) is 0 Å². The highest BCUT2D eigenvalue weighted by Gasteiger charge is 2.10. The number of nitrogens with one attached hydrogen (secondary N) is 1. The molecule has 0 aliphatic heterocycles. The summed E-state index contributed by atoms with van der Waals surface area (Å²) in [6.45, 7) is 6.27. The topological polar surface area (TPSA) is 29.1 Å². The normalized spacial score (nSPS) is 12.5. The molecule has 0 aromatic heterocycles. The van der Waals surface area contributed by atoms with E-state index in [0.29, 0.717) is 12.3 Å². The van der Waals surface area contributed by atoms with Gasteiger partial charge in [0.05, 0.1) is 0 Å². The first-order valence-electron chi connectivity index (χ1n) is 6.66. The molecule has 19 heavy (non-hydrogen) atoms. The van der Waals surface area contributed by atoms with Gasteiger partial charge in [-0.2, -0.15) is 0 Å². The van der Waals surface area contributed by atoms with E-state index in [1.54, 1.807) is 11.8 Å². The van der Waals surface area contributed by atoms with Gasteiger partial charge in [0.2, 0.25) is 5.91 Å². The van der Waals surface area contributed by atoms with Gasteiger partial charge in [-0.15, -0.1) is 11.8 Å². The number of benzene rings is 1. The first-order chi connectivity index (χ1) is 8.99. The van der Waals surface area contributed by atoms with E-state index in [4.69, 9.17) is 11.6 Å². The Hall–Kier alpha value is -0.670. The lowest BCUT2D eigenvalue weighted by Gasteiger charge is -2.17. The van der Waals surface area contributed by atoms with Crippen LogP contribution < -0.4 is 5.32 Å². The maximum absolute atomic E-state index is 11.7. The second kappa shape index (κ2) is 8.49. The Morgan fingerprint density at radius 2 is 1.89 bits per heavy atom. The highest BCUT2D eigenvalue weighted by molar-refractivity contribution is 7.99. The standard InChI is InChI=1S/C15H22ClNOS/c1-11(2)12(3)17-15(18)5-4-10-19-14-8-6-13(16)7-9-14/h6-9,11-12H,4-5,10H2,1-3H3,(H,17,18). The maximum atomic E-state index is 11.7. The van der Waals surface area contributed by atoms with Crippen LogP contribution in [-0.4, -0.2) is 17.7 Å². The van der Waals surface area contributed by atoms with Crippen LogP contribution in [0.2, 0.25) is 5.02 Å². The lowest BCUT2D eigenvalue weighted by molar-refractivity contribution is -0.121. The van der Waals surface area contributed by atoms with Gasteiger partial charge in [-0.25, -0.2) is 0 Å². The molecule has 1 atom stereocenters. The minimum atomic E-state index is 0.151. The summed E-state index contributed by atoms with van der Waals surface area (Å²) >= 11 is 7.58. The Kier molecular flexibility index (Phi) is 7.32. The quantitative estimate of drug-likeness (QED) is 0.598. The lowest BCUT2D eigenvalue weighted by Crippen LogP contribution is -2.35. The van der Waals surface area contributed by atoms with E-state index in [1.807, 2.05) is 31.2 Å². The minimum absolute atomic E-state index is 0.151. The fourth-order valence-electron chi connectivity index (χ4n) is 1.45. The van der Waals surface area contributed by atoms with Crippen molar-refractivity contribution in [2.24, 2.45) is 5.92 Å². The van der Waals surface area contributed by atoms with Crippen LogP contribution in [0.15, 0.2) is 29.2 Å². The van der Waals surface area contributed by atoms with Crippen molar-refractivity contribution in [1.82, 2.24) is 5.32 Å². The van der Waals surface area contributed by atoms with Crippen LogP contribution in [0.1, 0.15) is 33.6 Å². The minimum Gasteiger partial charge on any atom is -0.353 e. The number of carbonyl (C=O) groups excluding carboxylic acids is 1. The largest absolute Gasteiger partial charge is 0.353 e. The van der Waals surface area contributed by atoms with Crippen LogP contribution >= 0.6 is 23.4 Å². The maximum Gasteiger partial charge on any atom is 0.220 e. The highest BCUT2D eigenvalue weighted by atomic mass is 35.5. The fourth-order valence-corrected chi connectivity index (χ4v) is 2.43. The monoisotopic (exact) mass is 299 g/mol. The predicted molar refractivity (Wildman–Crippen MR) is 83.9 cm³/mol. The Morgan fingerprint density at radius 3 is 2.47 bits per heavy atom. The molecule has 1 N–H and O–H groups in total. The van der Waals surface area contributed by atoms with Crippen molar-refractivity contribution in [3.8, 4) is 0 Å². The van der Waals surface area contributed by atoms with Crippen molar-refractivity contribution >= 4 is 29.3 Å². The summed E-state index contributed by atoms with van der Waals surface area (Å²) in [5.74, 6) is 1.58. The number of amides is 1. The summed E-state index contributed by atoms with van der Waals surface area (Å²) < 4.78 is 0. The van der Waals surface area contributed by atoms with Gasteiger partial charge >= 0.3 is 0 Å². The van der Waals surface area contributed by atoms with Crippen LogP contribution in [0.5, 0.6) is 0 Å². The molecule has 1 aromatic carbocycles. The molecule has 4 heteroatoms. The van der Waals surface area contributed by atoms with E-state index >= 15 is 0 Å². The molecule has 0 heterocycles. The molecule has 1 unspecified atom stereocenters. The molecule has 0 bridgehead atoms. The number of thioether (sulfide) groups is 1. The molecule has 106 valence electrons. The summed E-state index contributed by atoms with van der Waals surface area (Å²) in [4.78, 5) is 12.9. The van der Waals surface area contributed by atoms with Crippen molar-refractivity contribution in [3.05, 3.63) is 29.3 Å². The molecule has 0 radical (unpaired) electrons. The van der Waals surface area contributed by atoms with Crippen LogP contribution in [0.4, 0.5) is 0 Å². The molecule has 0 aliphatic carbocycles. The van der Waals surface area contributed by atoms with Crippen molar-refractivity contribution in [3.63, 3.8) is 0 Å². The molecular weight excluding hydrogens is 278 g/mol. The highest BCUT2D eigenvalue weighted by Crippen LogP contribution is 2.21. The predicted octanol–water partition coefficient (Wildman–Crippen LogP) is 4.37. The zero-order valence-corrected chi connectivity index (χ0v) is 13.4. The SMILES string of the molecule is CC(C)C(C)NC(=O)CCCSc1ccc(Cl)cc1. The zero-order valence-electron chi connectivity index (χ0n) is 11.8. The van der Waals surface area contributed by atoms with E-state index in [1.165, 1.54) is 4.90 Å². The summed E-state index contributed by atoms with van der Waals surface area (Å²) in [6.07, 6.45) is 1.49. The second-order valence-corrected chi connectivity index (χ2v) is 6.61. The molecular formula is C15H22ClNOS. The third-order valence-electron chi connectivity index (χ3n) is 3.02. The van der Waals surface area contributed by atoms with E-state index in [9.17, 15) is 4.79 Å². The number of hydrogen-bond donors (Lipinski definition) is 1. The first kappa shape index (κ1) is 16.4. The van der Waals surface area contributed by atoms with Crippen LogP contribution in [-0.2, 0) is 4.79 Å². The average molecular weight is 300 g/mol. The van der Waals surface area contributed by atoms with Crippen molar-refractivity contribution < 1.29 is 4.79 Å². The number of carbonyl (C=O) groups is 1. The van der Waals surface area contributed by atoms with Crippen molar-refractivity contribution in [2.75, 3.05) is 5.75 Å². The second-order valence-electron chi connectivity index (χ2n) is 5.01. The Labute approximate surface area is 125 Å². The van der Waals surface area contributed by atoms with E-state index in [2.05, 4.69) is 19.2 Å². The number of halogens is 1. The van der Waals surface area contributed by atoms with Gasteiger partial charge < -0.3 is 5.32 Å². The Morgan fingerprint density at radius 1 is 1.26 bits per heavy atom. The summed E-state index contributed by atoms with van der Waals surface area (Å²) in [6, 6.07) is 8.04. The van der Waals surface area contributed by atoms with E-state index in [-0.39, 0.29) is 11.9 Å². The Balaban J connectivity index is 2.17. The van der Waals surface area contributed by atoms with Crippen LogP contribution in [0, 0.1) is 5.92 Å². The molecule has 1 aromatic rings. The van der Waals surface area contributed by atoms with Crippen molar-refractivity contribution in [2.45, 2.75) is 44.6 Å². The van der Waals surface area contributed by atoms with Gasteiger partial charge in [-0.1, -0.05) is 25.4 Å².